The maximum Gasteiger partial charge on any atom is 0.242 e. The summed E-state index contributed by atoms with van der Waals surface area (Å²) in [5.41, 5.74) is 0.519. The summed E-state index contributed by atoms with van der Waals surface area (Å²) in [6.07, 6.45) is 0. The molecule has 1 amide bonds. The van der Waals surface area contributed by atoms with Crippen molar-refractivity contribution in [2.24, 2.45) is 0 Å². The molecule has 0 spiro atoms. The van der Waals surface area contributed by atoms with Crippen LogP contribution >= 0.6 is 23.2 Å². The summed E-state index contributed by atoms with van der Waals surface area (Å²) in [4.78, 5) is 11.9. The third kappa shape index (κ3) is 4.75. The summed E-state index contributed by atoms with van der Waals surface area (Å²) in [6, 6.07) is 4.84. The van der Waals surface area contributed by atoms with Gasteiger partial charge in [-0.3, -0.25) is 4.79 Å². The monoisotopic (exact) mass is 288 g/mol. The van der Waals surface area contributed by atoms with Crippen molar-refractivity contribution in [3.05, 3.63) is 28.2 Å². The molecular weight excluding hydrogens is 271 g/mol. The molecule has 1 rings (SSSR count). The molecule has 1 aromatic rings. The normalized spacial score (nSPS) is 13.0. The minimum Gasteiger partial charge on any atom is -0.374 e. The standard InChI is InChI=1S/C13H18Cl2N2O/c1-8(12(18)17-13(2,3)4)16-9-5-6-10(14)11(15)7-9/h5-8,16H,1-4H3,(H,17,18). The average molecular weight is 289 g/mol. The van der Waals surface area contributed by atoms with Crippen molar-refractivity contribution in [1.82, 2.24) is 5.32 Å². The molecule has 0 saturated heterocycles. The number of amides is 1. The number of carbonyl (C=O) groups is 1. The Morgan fingerprint density at radius 2 is 1.83 bits per heavy atom. The van der Waals surface area contributed by atoms with Gasteiger partial charge in [-0.15, -0.1) is 0 Å². The van der Waals surface area contributed by atoms with Crippen LogP contribution in [0, 0.1) is 0 Å². The summed E-state index contributed by atoms with van der Waals surface area (Å²) >= 11 is 11.7. The van der Waals surface area contributed by atoms with Gasteiger partial charge in [-0.05, 0) is 45.9 Å². The molecule has 1 atom stereocenters. The summed E-state index contributed by atoms with van der Waals surface area (Å²) < 4.78 is 0. The molecule has 0 aliphatic rings. The molecular formula is C13H18Cl2N2O. The van der Waals surface area contributed by atoms with Gasteiger partial charge in [0.1, 0.15) is 6.04 Å². The molecule has 0 radical (unpaired) electrons. The highest BCUT2D eigenvalue weighted by Crippen LogP contribution is 2.25. The number of carbonyl (C=O) groups excluding carboxylic acids is 1. The molecule has 0 heterocycles. The molecule has 5 heteroatoms. The molecule has 0 fully saturated rings. The average Bonchev–Trinajstić information content (AvgIpc) is 2.21. The Hall–Kier alpha value is -0.930. The molecule has 1 unspecified atom stereocenters. The maximum absolute atomic E-state index is 11.9. The van der Waals surface area contributed by atoms with E-state index >= 15 is 0 Å². The zero-order chi connectivity index (χ0) is 13.9. The second-order valence-corrected chi connectivity index (χ2v) is 6.05. The van der Waals surface area contributed by atoms with E-state index in [1.807, 2.05) is 20.8 Å². The van der Waals surface area contributed by atoms with Crippen LogP contribution in [0.1, 0.15) is 27.7 Å². The van der Waals surface area contributed by atoms with Gasteiger partial charge in [-0.25, -0.2) is 0 Å². The minimum absolute atomic E-state index is 0.0615. The van der Waals surface area contributed by atoms with Crippen LogP contribution < -0.4 is 10.6 Å². The highest BCUT2D eigenvalue weighted by Gasteiger charge is 2.19. The number of halogens is 2. The van der Waals surface area contributed by atoms with Crippen molar-refractivity contribution in [2.45, 2.75) is 39.3 Å². The fourth-order valence-electron chi connectivity index (χ4n) is 1.38. The smallest absolute Gasteiger partial charge is 0.242 e. The first-order valence-electron chi connectivity index (χ1n) is 5.72. The molecule has 0 aromatic heterocycles. The third-order valence-corrected chi connectivity index (χ3v) is 2.93. The van der Waals surface area contributed by atoms with Gasteiger partial charge in [0.15, 0.2) is 0 Å². The number of hydrogen-bond acceptors (Lipinski definition) is 2. The second-order valence-electron chi connectivity index (χ2n) is 5.23. The molecule has 0 bridgehead atoms. The highest BCUT2D eigenvalue weighted by molar-refractivity contribution is 6.42. The van der Waals surface area contributed by atoms with Crippen LogP contribution in [0.25, 0.3) is 0 Å². The molecule has 100 valence electrons. The molecule has 2 N–H and O–H groups in total. The summed E-state index contributed by atoms with van der Waals surface area (Å²) in [7, 11) is 0. The van der Waals surface area contributed by atoms with Crippen LogP contribution in [0.5, 0.6) is 0 Å². The van der Waals surface area contributed by atoms with Gasteiger partial charge in [-0.1, -0.05) is 23.2 Å². The minimum atomic E-state index is -0.346. The van der Waals surface area contributed by atoms with E-state index in [4.69, 9.17) is 23.2 Å². The van der Waals surface area contributed by atoms with Crippen molar-refractivity contribution in [2.75, 3.05) is 5.32 Å². The van der Waals surface area contributed by atoms with E-state index < -0.39 is 0 Å². The van der Waals surface area contributed by atoms with Gasteiger partial charge < -0.3 is 10.6 Å². The SMILES string of the molecule is CC(Nc1ccc(Cl)c(Cl)c1)C(=O)NC(C)(C)C. The van der Waals surface area contributed by atoms with Crippen molar-refractivity contribution in [3.8, 4) is 0 Å². The topological polar surface area (TPSA) is 41.1 Å². The van der Waals surface area contributed by atoms with E-state index in [0.717, 1.165) is 5.69 Å². The van der Waals surface area contributed by atoms with Crippen LogP contribution in [0.3, 0.4) is 0 Å². The van der Waals surface area contributed by atoms with Crippen molar-refractivity contribution in [3.63, 3.8) is 0 Å². The van der Waals surface area contributed by atoms with Crippen LogP contribution in [0.2, 0.25) is 10.0 Å². The Bertz CT molecular complexity index is 441. The van der Waals surface area contributed by atoms with Gasteiger partial charge in [-0.2, -0.15) is 0 Å². The van der Waals surface area contributed by atoms with E-state index in [2.05, 4.69) is 10.6 Å². The Labute approximate surface area is 118 Å². The Morgan fingerprint density at radius 3 is 2.33 bits per heavy atom. The van der Waals surface area contributed by atoms with Gasteiger partial charge >= 0.3 is 0 Å². The highest BCUT2D eigenvalue weighted by atomic mass is 35.5. The van der Waals surface area contributed by atoms with E-state index in [0.29, 0.717) is 10.0 Å². The predicted molar refractivity (Wildman–Crippen MR) is 77.4 cm³/mol. The number of nitrogens with one attached hydrogen (secondary N) is 2. The first-order chi connectivity index (χ1) is 8.19. The first-order valence-corrected chi connectivity index (χ1v) is 6.48. The number of rotatable bonds is 3. The van der Waals surface area contributed by atoms with Gasteiger partial charge in [0.25, 0.3) is 0 Å². The van der Waals surface area contributed by atoms with Crippen LogP contribution in [-0.2, 0) is 4.79 Å². The van der Waals surface area contributed by atoms with Gasteiger partial charge in [0.05, 0.1) is 10.0 Å². The zero-order valence-electron chi connectivity index (χ0n) is 11.0. The van der Waals surface area contributed by atoms with Gasteiger partial charge in [0.2, 0.25) is 5.91 Å². The lowest BCUT2D eigenvalue weighted by Gasteiger charge is -2.24. The first kappa shape index (κ1) is 15.1. The quantitative estimate of drug-likeness (QED) is 0.890. The lowest BCUT2D eigenvalue weighted by Crippen LogP contribution is -2.47. The van der Waals surface area contributed by atoms with E-state index in [-0.39, 0.29) is 17.5 Å². The number of benzene rings is 1. The van der Waals surface area contributed by atoms with Crippen molar-refractivity contribution < 1.29 is 4.79 Å². The lowest BCUT2D eigenvalue weighted by molar-refractivity contribution is -0.122. The van der Waals surface area contributed by atoms with Crippen LogP contribution in [-0.4, -0.2) is 17.5 Å². The van der Waals surface area contributed by atoms with Crippen LogP contribution in [0.4, 0.5) is 5.69 Å². The van der Waals surface area contributed by atoms with Crippen molar-refractivity contribution >= 4 is 34.8 Å². The second kappa shape index (κ2) is 5.81. The molecule has 1 aromatic carbocycles. The summed E-state index contributed by atoms with van der Waals surface area (Å²) in [5.74, 6) is -0.0615. The molecule has 3 nitrogen and oxygen atoms in total. The van der Waals surface area contributed by atoms with E-state index in [1.165, 1.54) is 0 Å². The maximum atomic E-state index is 11.9. The van der Waals surface area contributed by atoms with E-state index in [1.54, 1.807) is 25.1 Å². The number of hydrogen-bond donors (Lipinski definition) is 2. The van der Waals surface area contributed by atoms with E-state index in [9.17, 15) is 4.79 Å². The fourth-order valence-corrected chi connectivity index (χ4v) is 1.68. The van der Waals surface area contributed by atoms with Crippen LogP contribution in [0.15, 0.2) is 18.2 Å². The molecule has 18 heavy (non-hydrogen) atoms. The zero-order valence-corrected chi connectivity index (χ0v) is 12.5. The molecule has 0 saturated carbocycles. The predicted octanol–water partition coefficient (Wildman–Crippen LogP) is 3.71. The fraction of sp³-hybridized carbons (Fsp3) is 0.462. The molecule has 0 aliphatic heterocycles. The van der Waals surface area contributed by atoms with Gasteiger partial charge in [0, 0.05) is 11.2 Å². The third-order valence-electron chi connectivity index (χ3n) is 2.19. The van der Waals surface area contributed by atoms with Crippen molar-refractivity contribution in [1.29, 1.82) is 0 Å². The number of anilines is 1. The molecule has 0 aliphatic carbocycles. The summed E-state index contributed by atoms with van der Waals surface area (Å²) in [5, 5.41) is 6.94. The largest absolute Gasteiger partial charge is 0.374 e. The summed E-state index contributed by atoms with van der Waals surface area (Å²) in [6.45, 7) is 7.62. The lowest BCUT2D eigenvalue weighted by atomic mass is 10.1. The Morgan fingerprint density at radius 1 is 1.22 bits per heavy atom. The Kier molecular flexibility index (Phi) is 4.88. The Balaban J connectivity index is 2.66.